The molecular formula is C21H26N4O6S. The van der Waals surface area contributed by atoms with Crippen molar-refractivity contribution in [3.8, 4) is 0 Å². The van der Waals surface area contributed by atoms with Crippen LogP contribution in [0.5, 0.6) is 0 Å². The van der Waals surface area contributed by atoms with Crippen LogP contribution in [0.2, 0.25) is 0 Å². The first kappa shape index (κ1) is 25.0. The topological polar surface area (TPSA) is 148 Å². The lowest BCUT2D eigenvalue weighted by Gasteiger charge is -2.17. The molecule has 0 saturated carbocycles. The zero-order chi connectivity index (χ0) is 24.1. The second-order valence-electron chi connectivity index (χ2n) is 8.14. The van der Waals surface area contributed by atoms with Gasteiger partial charge in [-0.05, 0) is 36.8 Å². The number of nitrogens with zero attached hydrogens (tertiary/aromatic N) is 1. The second kappa shape index (κ2) is 9.88. The molecule has 2 aromatic rings. The molecule has 172 valence electrons. The molecular weight excluding hydrogens is 436 g/mol. The average molecular weight is 463 g/mol. The van der Waals surface area contributed by atoms with Crippen molar-refractivity contribution in [2.24, 2.45) is 5.41 Å². The summed E-state index contributed by atoms with van der Waals surface area (Å²) in [5, 5.41) is 16.2. The average Bonchev–Trinajstić information content (AvgIpc) is 2.71. The van der Waals surface area contributed by atoms with Crippen molar-refractivity contribution in [3.05, 3.63) is 63.7 Å². The van der Waals surface area contributed by atoms with E-state index in [4.69, 9.17) is 0 Å². The molecule has 0 unspecified atom stereocenters. The number of hydrogen-bond donors (Lipinski definition) is 3. The largest absolute Gasteiger partial charge is 0.351 e. The third kappa shape index (κ3) is 6.59. The number of rotatable bonds is 8. The van der Waals surface area contributed by atoms with Crippen molar-refractivity contribution in [2.45, 2.75) is 32.6 Å². The van der Waals surface area contributed by atoms with Gasteiger partial charge in [0.2, 0.25) is 15.9 Å². The van der Waals surface area contributed by atoms with Gasteiger partial charge < -0.3 is 10.6 Å². The minimum Gasteiger partial charge on any atom is -0.351 e. The maximum absolute atomic E-state index is 12.5. The van der Waals surface area contributed by atoms with E-state index in [1.807, 2.05) is 0 Å². The molecule has 2 amide bonds. The van der Waals surface area contributed by atoms with E-state index in [1.54, 1.807) is 45.0 Å². The van der Waals surface area contributed by atoms with E-state index in [1.165, 1.54) is 19.1 Å². The zero-order valence-corrected chi connectivity index (χ0v) is 19.1. The summed E-state index contributed by atoms with van der Waals surface area (Å²) in [7, 11) is -3.98. The number of benzene rings is 2. The van der Waals surface area contributed by atoms with Crippen LogP contribution in [0, 0.1) is 22.5 Å². The number of non-ortho nitro benzene ring substituents is 1. The molecule has 3 N–H and O–H groups in total. The predicted molar refractivity (Wildman–Crippen MR) is 120 cm³/mol. The number of anilines is 1. The van der Waals surface area contributed by atoms with Gasteiger partial charge in [0.15, 0.2) is 0 Å². The first-order chi connectivity index (χ1) is 14.8. The fraction of sp³-hybridized carbons (Fsp3) is 0.333. The first-order valence-electron chi connectivity index (χ1n) is 9.76. The highest BCUT2D eigenvalue weighted by Gasteiger charge is 2.22. The van der Waals surface area contributed by atoms with Gasteiger partial charge >= 0.3 is 0 Å². The molecule has 0 radical (unpaired) electrons. The maximum Gasteiger partial charge on any atom is 0.270 e. The molecule has 0 aliphatic rings. The molecule has 2 rings (SSSR count). The standard InChI is InChI=1S/C21H26N4O6S/c1-14-5-10-17(25(28)29)13-18(14)32(30,31)23-12-11-22-19(26)15-6-8-16(9-7-15)24-20(27)21(2,3)4/h5-10,13,23H,11-12H2,1-4H3,(H,22,26)(H,24,27). The van der Waals surface area contributed by atoms with Gasteiger partial charge in [-0.3, -0.25) is 19.7 Å². The van der Waals surface area contributed by atoms with E-state index in [-0.39, 0.29) is 29.6 Å². The fourth-order valence-electron chi connectivity index (χ4n) is 2.56. The molecule has 11 heteroatoms. The molecule has 0 aliphatic heterocycles. The van der Waals surface area contributed by atoms with E-state index in [0.29, 0.717) is 16.8 Å². The van der Waals surface area contributed by atoms with Crippen LogP contribution in [0.25, 0.3) is 0 Å². The van der Waals surface area contributed by atoms with E-state index in [2.05, 4.69) is 15.4 Å². The molecule has 0 aromatic heterocycles. The molecule has 2 aromatic carbocycles. The number of sulfonamides is 1. The van der Waals surface area contributed by atoms with Crippen molar-refractivity contribution < 1.29 is 22.9 Å². The van der Waals surface area contributed by atoms with Crippen molar-refractivity contribution in [1.82, 2.24) is 10.0 Å². The highest BCUT2D eigenvalue weighted by Crippen LogP contribution is 2.21. The van der Waals surface area contributed by atoms with Crippen molar-refractivity contribution >= 4 is 33.2 Å². The summed E-state index contributed by atoms with van der Waals surface area (Å²) in [4.78, 5) is 34.3. The monoisotopic (exact) mass is 462 g/mol. The number of carbonyl (C=O) groups is 2. The van der Waals surface area contributed by atoms with Crippen LogP contribution in [0.1, 0.15) is 36.7 Å². The highest BCUT2D eigenvalue weighted by atomic mass is 32.2. The summed E-state index contributed by atoms with van der Waals surface area (Å²) in [6.07, 6.45) is 0. The summed E-state index contributed by atoms with van der Waals surface area (Å²) in [5.41, 5.74) is 0.391. The summed E-state index contributed by atoms with van der Waals surface area (Å²) >= 11 is 0. The van der Waals surface area contributed by atoms with E-state index < -0.39 is 26.3 Å². The number of carbonyl (C=O) groups excluding carboxylic acids is 2. The number of hydrogen-bond acceptors (Lipinski definition) is 6. The van der Waals surface area contributed by atoms with Gasteiger partial charge in [-0.25, -0.2) is 13.1 Å². The molecule has 0 heterocycles. The molecule has 32 heavy (non-hydrogen) atoms. The minimum atomic E-state index is -3.98. The van der Waals surface area contributed by atoms with Crippen LogP contribution < -0.4 is 15.4 Å². The Morgan fingerprint density at radius 2 is 1.66 bits per heavy atom. The van der Waals surface area contributed by atoms with Gasteiger partial charge in [-0.1, -0.05) is 26.8 Å². The third-order valence-corrected chi connectivity index (χ3v) is 6.06. The Kier molecular flexibility index (Phi) is 7.70. The second-order valence-corrected chi connectivity index (χ2v) is 9.88. The van der Waals surface area contributed by atoms with Crippen LogP contribution in [-0.4, -0.2) is 38.2 Å². The number of nitro groups is 1. The van der Waals surface area contributed by atoms with Crippen LogP contribution in [-0.2, 0) is 14.8 Å². The molecule has 0 bridgehead atoms. The SMILES string of the molecule is Cc1ccc([N+](=O)[O-])cc1S(=O)(=O)NCCNC(=O)c1ccc(NC(=O)C(C)(C)C)cc1. The van der Waals surface area contributed by atoms with Crippen LogP contribution in [0.3, 0.4) is 0 Å². The van der Waals surface area contributed by atoms with Gasteiger partial charge in [0.1, 0.15) is 0 Å². The van der Waals surface area contributed by atoms with Crippen molar-refractivity contribution in [3.63, 3.8) is 0 Å². The Morgan fingerprint density at radius 1 is 1.03 bits per heavy atom. The van der Waals surface area contributed by atoms with Gasteiger partial charge in [0.25, 0.3) is 11.6 Å². The van der Waals surface area contributed by atoms with Crippen molar-refractivity contribution in [1.29, 1.82) is 0 Å². The zero-order valence-electron chi connectivity index (χ0n) is 18.3. The normalized spacial score (nSPS) is 11.6. The molecule has 10 nitrogen and oxygen atoms in total. The lowest BCUT2D eigenvalue weighted by Crippen LogP contribution is -2.35. The minimum absolute atomic E-state index is 0.00848. The lowest BCUT2D eigenvalue weighted by molar-refractivity contribution is -0.385. The number of aryl methyl sites for hydroxylation is 1. The number of nitro benzene ring substituents is 1. The Morgan fingerprint density at radius 3 is 2.22 bits per heavy atom. The number of amides is 2. The summed E-state index contributed by atoms with van der Waals surface area (Å²) in [6.45, 7) is 6.81. The third-order valence-electron chi connectivity index (χ3n) is 4.46. The first-order valence-corrected chi connectivity index (χ1v) is 11.2. The van der Waals surface area contributed by atoms with Crippen LogP contribution >= 0.6 is 0 Å². The Bertz CT molecular complexity index is 1120. The van der Waals surface area contributed by atoms with Crippen LogP contribution in [0.4, 0.5) is 11.4 Å². The smallest absolute Gasteiger partial charge is 0.270 e. The molecule has 0 saturated heterocycles. The Hall–Kier alpha value is -3.31. The molecule has 0 fully saturated rings. The highest BCUT2D eigenvalue weighted by molar-refractivity contribution is 7.89. The molecule has 0 atom stereocenters. The van der Waals surface area contributed by atoms with E-state index >= 15 is 0 Å². The Balaban J connectivity index is 1.91. The summed E-state index contributed by atoms with van der Waals surface area (Å²) < 4.78 is 27.2. The van der Waals surface area contributed by atoms with E-state index in [0.717, 1.165) is 6.07 Å². The molecule has 0 aliphatic carbocycles. The van der Waals surface area contributed by atoms with Gasteiger partial charge in [-0.2, -0.15) is 0 Å². The van der Waals surface area contributed by atoms with E-state index in [9.17, 15) is 28.1 Å². The van der Waals surface area contributed by atoms with Gasteiger partial charge in [-0.15, -0.1) is 0 Å². The lowest BCUT2D eigenvalue weighted by atomic mass is 9.95. The van der Waals surface area contributed by atoms with Gasteiger partial charge in [0, 0.05) is 41.9 Å². The van der Waals surface area contributed by atoms with Gasteiger partial charge in [0.05, 0.1) is 9.82 Å². The van der Waals surface area contributed by atoms with Crippen molar-refractivity contribution in [2.75, 3.05) is 18.4 Å². The Labute approximate surface area is 186 Å². The summed E-state index contributed by atoms with van der Waals surface area (Å²) in [5.74, 6) is -0.564. The number of nitrogens with one attached hydrogen (secondary N) is 3. The predicted octanol–water partition coefficient (Wildman–Crippen LogP) is 2.60. The summed E-state index contributed by atoms with van der Waals surface area (Å²) in [6, 6.07) is 9.89. The fourth-order valence-corrected chi connectivity index (χ4v) is 3.85. The maximum atomic E-state index is 12.5. The quantitative estimate of drug-likeness (QED) is 0.312. The van der Waals surface area contributed by atoms with Crippen LogP contribution in [0.15, 0.2) is 47.4 Å². The molecule has 0 spiro atoms.